The molecule has 2 N–H and O–H groups in total. The molecule has 0 bridgehead atoms. The number of aryl methyl sites for hydroxylation is 1. The molecule has 0 aromatic carbocycles. The SMILES string of the molecule is CNC(=O)c1nc(SC)sc1NC(=O)c1nc(C)no1. The van der Waals surface area contributed by atoms with E-state index in [4.69, 9.17) is 4.52 Å². The number of aromatic nitrogens is 3. The van der Waals surface area contributed by atoms with Crippen molar-refractivity contribution in [1.29, 1.82) is 0 Å². The van der Waals surface area contributed by atoms with Crippen molar-refractivity contribution < 1.29 is 14.1 Å². The third-order valence-electron chi connectivity index (χ3n) is 2.17. The van der Waals surface area contributed by atoms with E-state index < -0.39 is 5.91 Å². The fourth-order valence-electron chi connectivity index (χ4n) is 1.29. The van der Waals surface area contributed by atoms with E-state index in [-0.39, 0.29) is 17.5 Å². The van der Waals surface area contributed by atoms with Gasteiger partial charge in [-0.2, -0.15) is 4.98 Å². The summed E-state index contributed by atoms with van der Waals surface area (Å²) in [6.45, 7) is 1.61. The largest absolute Gasteiger partial charge is 0.354 e. The van der Waals surface area contributed by atoms with Crippen LogP contribution >= 0.6 is 23.1 Å². The van der Waals surface area contributed by atoms with Crippen LogP contribution in [-0.4, -0.2) is 40.2 Å². The number of hydrogen-bond donors (Lipinski definition) is 2. The van der Waals surface area contributed by atoms with Crippen LogP contribution in [0.3, 0.4) is 0 Å². The van der Waals surface area contributed by atoms with Gasteiger partial charge in [0.25, 0.3) is 5.91 Å². The maximum Gasteiger partial charge on any atom is 0.316 e. The molecule has 2 amide bonds. The Balaban J connectivity index is 2.26. The Kier molecular flexibility index (Phi) is 4.35. The van der Waals surface area contributed by atoms with Gasteiger partial charge in [-0.1, -0.05) is 28.3 Å². The zero-order valence-corrected chi connectivity index (χ0v) is 12.5. The molecule has 20 heavy (non-hydrogen) atoms. The number of nitrogens with zero attached hydrogens (tertiary/aromatic N) is 3. The summed E-state index contributed by atoms with van der Waals surface area (Å²) >= 11 is 2.59. The number of thiazole rings is 1. The molecule has 0 unspecified atom stereocenters. The Morgan fingerprint density at radius 3 is 2.60 bits per heavy atom. The van der Waals surface area contributed by atoms with E-state index in [1.165, 1.54) is 30.1 Å². The molecule has 0 fully saturated rings. The van der Waals surface area contributed by atoms with E-state index in [2.05, 4.69) is 25.8 Å². The lowest BCUT2D eigenvalue weighted by Gasteiger charge is -2.00. The van der Waals surface area contributed by atoms with Crippen LogP contribution < -0.4 is 10.6 Å². The number of amides is 2. The molecule has 2 aromatic rings. The molecule has 106 valence electrons. The first kappa shape index (κ1) is 14.5. The third kappa shape index (κ3) is 2.96. The van der Waals surface area contributed by atoms with Crippen molar-refractivity contribution in [1.82, 2.24) is 20.4 Å². The first-order valence-corrected chi connectivity index (χ1v) is 7.47. The van der Waals surface area contributed by atoms with Crippen LogP contribution in [0.1, 0.15) is 27.0 Å². The van der Waals surface area contributed by atoms with Crippen molar-refractivity contribution in [2.24, 2.45) is 0 Å². The topological polar surface area (TPSA) is 110 Å². The second kappa shape index (κ2) is 6.01. The van der Waals surface area contributed by atoms with E-state index in [1.54, 1.807) is 6.92 Å². The van der Waals surface area contributed by atoms with Crippen molar-refractivity contribution >= 4 is 39.9 Å². The molecule has 8 nitrogen and oxygen atoms in total. The number of nitrogens with one attached hydrogen (secondary N) is 2. The number of carbonyl (C=O) groups excluding carboxylic acids is 2. The second-order valence-electron chi connectivity index (χ2n) is 3.54. The normalized spacial score (nSPS) is 10.3. The van der Waals surface area contributed by atoms with Crippen LogP contribution in [-0.2, 0) is 0 Å². The Morgan fingerprint density at radius 2 is 2.05 bits per heavy atom. The van der Waals surface area contributed by atoms with Crippen molar-refractivity contribution in [3.63, 3.8) is 0 Å². The second-order valence-corrected chi connectivity index (χ2v) is 5.59. The standard InChI is InChI=1S/C10H11N5O3S2/c1-4-12-8(18-15-4)7(17)14-9-5(6(16)11-2)13-10(19-3)20-9/h1-3H3,(H,11,16)(H,14,17). The number of thioether (sulfide) groups is 1. The minimum Gasteiger partial charge on any atom is -0.354 e. The molecule has 0 aliphatic carbocycles. The summed E-state index contributed by atoms with van der Waals surface area (Å²) in [6.07, 6.45) is 1.83. The summed E-state index contributed by atoms with van der Waals surface area (Å²) in [5, 5.41) is 8.90. The molecule has 0 radical (unpaired) electrons. The van der Waals surface area contributed by atoms with Gasteiger partial charge in [0.2, 0.25) is 0 Å². The number of carbonyl (C=O) groups is 2. The van der Waals surface area contributed by atoms with Gasteiger partial charge in [-0.15, -0.1) is 0 Å². The van der Waals surface area contributed by atoms with Crippen LogP contribution in [0, 0.1) is 6.92 Å². The third-order valence-corrected chi connectivity index (χ3v) is 4.13. The molecule has 0 aliphatic rings. The Hall–Kier alpha value is -1.94. The monoisotopic (exact) mass is 313 g/mol. The fraction of sp³-hybridized carbons (Fsp3) is 0.300. The van der Waals surface area contributed by atoms with E-state index >= 15 is 0 Å². The van der Waals surface area contributed by atoms with Crippen molar-refractivity contribution in [2.75, 3.05) is 18.6 Å². The van der Waals surface area contributed by atoms with Gasteiger partial charge >= 0.3 is 11.8 Å². The quantitative estimate of drug-likeness (QED) is 0.815. The zero-order chi connectivity index (χ0) is 14.7. The smallest absolute Gasteiger partial charge is 0.316 e. The molecular formula is C10H11N5O3S2. The van der Waals surface area contributed by atoms with E-state index in [0.29, 0.717) is 15.2 Å². The Morgan fingerprint density at radius 1 is 1.30 bits per heavy atom. The van der Waals surface area contributed by atoms with Crippen LogP contribution in [0.4, 0.5) is 5.00 Å². The lowest BCUT2D eigenvalue weighted by molar-refractivity contribution is 0.0959. The molecule has 0 atom stereocenters. The summed E-state index contributed by atoms with van der Waals surface area (Å²) in [5.41, 5.74) is 0.159. The minimum absolute atomic E-state index is 0.159. The maximum absolute atomic E-state index is 11.9. The van der Waals surface area contributed by atoms with E-state index in [1.807, 2.05) is 6.26 Å². The predicted octanol–water partition coefficient (Wildman–Crippen LogP) is 1.17. The van der Waals surface area contributed by atoms with Gasteiger partial charge in [0.1, 0.15) is 5.00 Å². The lowest BCUT2D eigenvalue weighted by Crippen LogP contribution is -2.21. The Labute approximate surface area is 122 Å². The molecule has 2 aromatic heterocycles. The van der Waals surface area contributed by atoms with Crippen LogP contribution in [0.2, 0.25) is 0 Å². The molecule has 0 aliphatic heterocycles. The van der Waals surface area contributed by atoms with Gasteiger partial charge in [0.05, 0.1) is 0 Å². The summed E-state index contributed by atoms with van der Waals surface area (Å²) < 4.78 is 5.43. The number of rotatable bonds is 4. The Bertz CT molecular complexity index is 651. The van der Waals surface area contributed by atoms with Gasteiger partial charge < -0.3 is 15.2 Å². The molecule has 0 saturated carbocycles. The van der Waals surface area contributed by atoms with E-state index in [0.717, 1.165) is 0 Å². The summed E-state index contributed by atoms with van der Waals surface area (Å²) in [6, 6.07) is 0. The average Bonchev–Trinajstić information content (AvgIpc) is 3.04. The molecule has 10 heteroatoms. The molecule has 2 heterocycles. The lowest BCUT2D eigenvalue weighted by atomic mass is 10.4. The summed E-state index contributed by atoms with van der Waals surface area (Å²) in [7, 11) is 1.49. The van der Waals surface area contributed by atoms with Crippen LogP contribution in [0.25, 0.3) is 0 Å². The highest BCUT2D eigenvalue weighted by atomic mass is 32.2. The summed E-state index contributed by atoms with van der Waals surface area (Å²) in [4.78, 5) is 31.6. The van der Waals surface area contributed by atoms with Gasteiger partial charge in [-0.25, -0.2) is 4.98 Å². The fourth-order valence-corrected chi connectivity index (χ4v) is 2.75. The predicted molar refractivity (Wildman–Crippen MR) is 74.3 cm³/mol. The van der Waals surface area contributed by atoms with E-state index in [9.17, 15) is 9.59 Å². The van der Waals surface area contributed by atoms with Crippen LogP contribution in [0.5, 0.6) is 0 Å². The molecule has 0 spiro atoms. The zero-order valence-electron chi connectivity index (χ0n) is 10.9. The summed E-state index contributed by atoms with van der Waals surface area (Å²) in [5.74, 6) is -0.758. The van der Waals surface area contributed by atoms with Gasteiger partial charge in [0, 0.05) is 7.05 Å². The van der Waals surface area contributed by atoms with Crippen LogP contribution in [0.15, 0.2) is 8.86 Å². The molecular weight excluding hydrogens is 302 g/mol. The first-order chi connectivity index (χ1) is 9.55. The van der Waals surface area contributed by atoms with Gasteiger partial charge in [-0.05, 0) is 13.2 Å². The average molecular weight is 313 g/mol. The van der Waals surface area contributed by atoms with Crippen molar-refractivity contribution in [3.05, 3.63) is 17.4 Å². The minimum atomic E-state index is -0.577. The first-order valence-electron chi connectivity index (χ1n) is 5.43. The maximum atomic E-state index is 11.9. The highest BCUT2D eigenvalue weighted by Crippen LogP contribution is 2.30. The van der Waals surface area contributed by atoms with Crippen molar-refractivity contribution in [3.8, 4) is 0 Å². The van der Waals surface area contributed by atoms with Gasteiger partial charge in [-0.3, -0.25) is 9.59 Å². The highest BCUT2D eigenvalue weighted by molar-refractivity contribution is 8.00. The number of anilines is 1. The molecule has 2 rings (SSSR count). The molecule has 0 saturated heterocycles. The number of hydrogen-bond acceptors (Lipinski definition) is 8. The van der Waals surface area contributed by atoms with Gasteiger partial charge in [0.15, 0.2) is 15.9 Å². The highest BCUT2D eigenvalue weighted by Gasteiger charge is 2.21. The van der Waals surface area contributed by atoms with Crippen molar-refractivity contribution in [2.45, 2.75) is 11.3 Å².